The summed E-state index contributed by atoms with van der Waals surface area (Å²) >= 11 is 0. The quantitative estimate of drug-likeness (QED) is 0.138. The van der Waals surface area contributed by atoms with Gasteiger partial charge < -0.3 is 41.4 Å². The Morgan fingerprint density at radius 1 is 1.11 bits per heavy atom. The first-order valence-corrected chi connectivity index (χ1v) is 12.1. The van der Waals surface area contributed by atoms with Gasteiger partial charge in [-0.15, -0.1) is 0 Å². The van der Waals surface area contributed by atoms with E-state index in [1.165, 1.54) is 17.2 Å². The highest BCUT2D eigenvalue weighted by atomic mass is 16.3. The number of amides is 1. The van der Waals surface area contributed by atoms with Gasteiger partial charge in [0.15, 0.2) is 17.0 Å². The molecule has 1 aliphatic carbocycles. The topological polar surface area (TPSA) is 209 Å². The first-order valence-electron chi connectivity index (χ1n) is 12.1. The van der Waals surface area contributed by atoms with Crippen LogP contribution in [0.15, 0.2) is 49.2 Å². The van der Waals surface area contributed by atoms with Gasteiger partial charge in [-0.25, -0.2) is 9.97 Å². The summed E-state index contributed by atoms with van der Waals surface area (Å²) in [6, 6.07) is 7.85. The van der Waals surface area contributed by atoms with Gasteiger partial charge in [0.25, 0.3) is 0 Å². The number of rotatable bonds is 9. The van der Waals surface area contributed by atoms with Crippen molar-refractivity contribution in [3.63, 3.8) is 0 Å². The normalized spacial score (nSPS) is 22.0. The van der Waals surface area contributed by atoms with Crippen molar-refractivity contribution in [2.24, 2.45) is 0 Å². The summed E-state index contributed by atoms with van der Waals surface area (Å²) in [6.07, 6.45) is 2.70. The first-order chi connectivity index (χ1) is 18.4. The number of anilines is 2. The number of aliphatic hydroxyl groups is 4. The monoisotopic (exact) mass is 523 g/mol. The average Bonchev–Trinajstić information content (AvgIpc) is 3.62. The standard InChI is InChI=1S/C24H29N9O5/c25-17-8-32(11-26-17)24-30-22(28-14(9-34)6-13-4-2-1-3-5-13)19-23(31-24)33(12-27-19)16-7-15(20(37)21(16)38)29-18(36)10-35/h1-5,8,11-12,14-16,20-21,34-35,37-38H,6-7,9-10,25H2,(H,29,36)(H,28,30,31)/t14-,15-,16+,20+,21-/m0/s1. The Morgan fingerprint density at radius 2 is 1.89 bits per heavy atom. The number of aromatic nitrogens is 6. The number of imidazole rings is 2. The number of hydrogen-bond donors (Lipinski definition) is 7. The summed E-state index contributed by atoms with van der Waals surface area (Å²) in [4.78, 5) is 29.5. The SMILES string of the molecule is Nc1cn(-c2nc(N[C@H](CO)Cc3ccccc3)c3ncn([C@@H]4C[C@H](NC(=O)CO)[C@@H](O)[C@H]4O)c3n2)cn1. The summed E-state index contributed by atoms with van der Waals surface area (Å²) in [7, 11) is 0. The van der Waals surface area contributed by atoms with Crippen LogP contribution in [0, 0.1) is 0 Å². The molecule has 14 nitrogen and oxygen atoms in total. The molecular formula is C24H29N9O5. The number of nitrogens with one attached hydrogen (secondary N) is 2. The summed E-state index contributed by atoms with van der Waals surface area (Å²) in [6.45, 7) is -0.902. The van der Waals surface area contributed by atoms with Crippen LogP contribution in [-0.2, 0) is 11.2 Å². The largest absolute Gasteiger partial charge is 0.394 e. The van der Waals surface area contributed by atoms with Gasteiger partial charge in [-0.1, -0.05) is 30.3 Å². The predicted molar refractivity (Wildman–Crippen MR) is 136 cm³/mol. The van der Waals surface area contributed by atoms with Crippen molar-refractivity contribution >= 4 is 28.7 Å². The second kappa shape index (κ2) is 10.7. The van der Waals surface area contributed by atoms with Crippen LogP contribution in [0.25, 0.3) is 17.1 Å². The van der Waals surface area contributed by atoms with Crippen molar-refractivity contribution in [3.8, 4) is 5.95 Å². The van der Waals surface area contributed by atoms with Crippen molar-refractivity contribution in [3.05, 3.63) is 54.7 Å². The highest BCUT2D eigenvalue weighted by molar-refractivity contribution is 5.84. The summed E-state index contributed by atoms with van der Waals surface area (Å²) in [5, 5.41) is 46.3. The van der Waals surface area contributed by atoms with Crippen LogP contribution in [0.5, 0.6) is 0 Å². The Labute approximate surface area is 216 Å². The molecule has 0 unspecified atom stereocenters. The minimum Gasteiger partial charge on any atom is -0.394 e. The van der Waals surface area contributed by atoms with Crippen LogP contribution in [0.1, 0.15) is 18.0 Å². The van der Waals surface area contributed by atoms with Crippen molar-refractivity contribution in [2.45, 2.75) is 43.2 Å². The Morgan fingerprint density at radius 3 is 2.58 bits per heavy atom. The molecule has 200 valence electrons. The molecule has 14 heteroatoms. The van der Waals surface area contributed by atoms with E-state index in [4.69, 9.17) is 10.8 Å². The van der Waals surface area contributed by atoms with E-state index >= 15 is 0 Å². The molecule has 1 aromatic carbocycles. The van der Waals surface area contributed by atoms with E-state index in [2.05, 4.69) is 30.6 Å². The fourth-order valence-corrected chi connectivity index (χ4v) is 4.74. The van der Waals surface area contributed by atoms with Crippen LogP contribution < -0.4 is 16.4 Å². The van der Waals surface area contributed by atoms with Gasteiger partial charge in [-0.3, -0.25) is 9.36 Å². The van der Waals surface area contributed by atoms with Gasteiger partial charge in [0.05, 0.1) is 37.3 Å². The third-order valence-electron chi connectivity index (χ3n) is 6.63. The van der Waals surface area contributed by atoms with Gasteiger partial charge >= 0.3 is 0 Å². The zero-order valence-corrected chi connectivity index (χ0v) is 20.3. The maximum absolute atomic E-state index is 11.7. The molecule has 1 fully saturated rings. The molecule has 38 heavy (non-hydrogen) atoms. The van der Waals surface area contributed by atoms with Crippen LogP contribution in [0.2, 0.25) is 0 Å². The predicted octanol–water partition coefficient (Wildman–Crippen LogP) is -1.25. The molecule has 4 aromatic rings. The first kappa shape index (κ1) is 25.5. The zero-order chi connectivity index (χ0) is 26.8. The lowest BCUT2D eigenvalue weighted by molar-refractivity contribution is -0.125. The van der Waals surface area contributed by atoms with Crippen LogP contribution in [-0.4, -0.2) is 92.9 Å². The van der Waals surface area contributed by atoms with Crippen molar-refractivity contribution in [1.29, 1.82) is 0 Å². The van der Waals surface area contributed by atoms with Crippen LogP contribution >= 0.6 is 0 Å². The van der Waals surface area contributed by atoms with Crippen LogP contribution in [0.3, 0.4) is 0 Å². The molecule has 5 rings (SSSR count). The fourth-order valence-electron chi connectivity index (χ4n) is 4.74. The van der Waals surface area contributed by atoms with E-state index in [-0.39, 0.29) is 24.8 Å². The van der Waals surface area contributed by atoms with Crippen molar-refractivity contribution < 1.29 is 25.2 Å². The Balaban J connectivity index is 1.53. The molecule has 0 spiro atoms. The minimum atomic E-state index is -1.26. The molecule has 0 bridgehead atoms. The van der Waals surface area contributed by atoms with Gasteiger partial charge in [0.1, 0.15) is 31.0 Å². The fraction of sp³-hybridized carbons (Fsp3) is 0.375. The third-order valence-corrected chi connectivity index (χ3v) is 6.63. The molecule has 8 N–H and O–H groups in total. The molecule has 3 heterocycles. The number of nitrogens with zero attached hydrogens (tertiary/aromatic N) is 6. The smallest absolute Gasteiger partial charge is 0.246 e. The highest BCUT2D eigenvalue weighted by Gasteiger charge is 2.43. The van der Waals surface area contributed by atoms with Crippen molar-refractivity contribution in [2.75, 3.05) is 24.3 Å². The lowest BCUT2D eigenvalue weighted by Crippen LogP contribution is -2.44. The average molecular weight is 524 g/mol. The number of fused-ring (bicyclic) bond motifs is 1. The summed E-state index contributed by atoms with van der Waals surface area (Å²) in [5.74, 6) is 0.190. The Bertz CT molecular complexity index is 1410. The van der Waals surface area contributed by atoms with Gasteiger partial charge in [0, 0.05) is 0 Å². The lowest BCUT2D eigenvalue weighted by Gasteiger charge is -2.20. The molecule has 5 atom stereocenters. The number of carbonyl (C=O) groups excluding carboxylic acids is 1. The van der Waals surface area contributed by atoms with Gasteiger partial charge in [-0.05, 0) is 18.4 Å². The molecule has 0 radical (unpaired) electrons. The van der Waals surface area contributed by atoms with Gasteiger partial charge in [0.2, 0.25) is 11.9 Å². The minimum absolute atomic E-state index is 0.172. The van der Waals surface area contributed by atoms with Gasteiger partial charge in [-0.2, -0.15) is 9.97 Å². The molecule has 1 amide bonds. The number of hydrogen-bond acceptors (Lipinski definition) is 11. The van der Waals surface area contributed by atoms with Crippen LogP contribution in [0.4, 0.5) is 11.6 Å². The number of aliphatic hydroxyl groups excluding tert-OH is 4. The second-order valence-electron chi connectivity index (χ2n) is 9.23. The Kier molecular flexibility index (Phi) is 7.20. The molecular weight excluding hydrogens is 494 g/mol. The number of carbonyl (C=O) groups is 1. The lowest BCUT2D eigenvalue weighted by atomic mass is 10.1. The molecule has 0 saturated heterocycles. The van der Waals surface area contributed by atoms with E-state index in [9.17, 15) is 20.1 Å². The third kappa shape index (κ3) is 5.02. The summed E-state index contributed by atoms with van der Waals surface area (Å²) in [5.41, 5.74) is 7.56. The summed E-state index contributed by atoms with van der Waals surface area (Å²) < 4.78 is 3.16. The number of nitrogen functional groups attached to an aromatic ring is 1. The van der Waals surface area contributed by atoms with E-state index in [1.54, 1.807) is 10.8 Å². The number of nitrogens with two attached hydrogens (primary N) is 1. The van der Waals surface area contributed by atoms with E-state index in [1.807, 2.05) is 30.3 Å². The van der Waals surface area contributed by atoms with Crippen molar-refractivity contribution in [1.82, 2.24) is 34.4 Å². The maximum Gasteiger partial charge on any atom is 0.246 e. The highest BCUT2D eigenvalue weighted by Crippen LogP contribution is 2.34. The van der Waals surface area contributed by atoms with E-state index in [0.717, 1.165) is 5.56 Å². The maximum atomic E-state index is 11.7. The second-order valence-corrected chi connectivity index (χ2v) is 9.23. The molecule has 3 aromatic heterocycles. The molecule has 1 saturated carbocycles. The Hall–Kier alpha value is -4.11. The van der Waals surface area contributed by atoms with E-state index < -0.39 is 42.8 Å². The van der Waals surface area contributed by atoms with E-state index in [0.29, 0.717) is 23.4 Å². The molecule has 0 aliphatic heterocycles. The molecule has 1 aliphatic rings. The zero-order valence-electron chi connectivity index (χ0n) is 20.3. The number of benzene rings is 1.